The molecule has 1 N–H and O–H groups in total. The van der Waals surface area contributed by atoms with Gasteiger partial charge in [0.1, 0.15) is 5.75 Å². The minimum atomic E-state index is -0.230. The molecular formula is C18H27N5O2S. The Morgan fingerprint density at radius 1 is 1.27 bits per heavy atom. The van der Waals surface area contributed by atoms with Crippen LogP contribution in [-0.2, 0) is 10.3 Å². The highest BCUT2D eigenvalue weighted by atomic mass is 32.2. The lowest BCUT2D eigenvalue weighted by molar-refractivity contribution is -0.119. The Kier molecular flexibility index (Phi) is 6.63. The summed E-state index contributed by atoms with van der Waals surface area (Å²) in [4.78, 5) is 12.5. The topological polar surface area (TPSA) is 81.9 Å². The zero-order chi connectivity index (χ0) is 19.3. The number of carbonyl (C=O) groups excluding carboxylic acids is 1. The minimum absolute atomic E-state index is 0.0482. The van der Waals surface area contributed by atoms with E-state index in [-0.39, 0.29) is 29.2 Å². The summed E-state index contributed by atoms with van der Waals surface area (Å²) in [5.74, 6) is 1.27. The molecule has 142 valence electrons. The zero-order valence-corrected chi connectivity index (χ0v) is 17.0. The monoisotopic (exact) mass is 377 g/mol. The molecule has 1 heterocycles. The van der Waals surface area contributed by atoms with E-state index >= 15 is 0 Å². The second-order valence-electron chi connectivity index (χ2n) is 7.40. The maximum atomic E-state index is 12.5. The maximum absolute atomic E-state index is 12.5. The molecule has 0 fully saturated rings. The van der Waals surface area contributed by atoms with Crippen molar-refractivity contribution in [3.05, 3.63) is 29.8 Å². The summed E-state index contributed by atoms with van der Waals surface area (Å²) in [6.07, 6.45) is 0. The molecule has 1 amide bonds. The number of nitrogens with one attached hydrogen (secondary N) is 1. The number of amides is 1. The van der Waals surface area contributed by atoms with Crippen LogP contribution in [0.25, 0.3) is 0 Å². The summed E-state index contributed by atoms with van der Waals surface area (Å²) < 4.78 is 6.93. The van der Waals surface area contributed by atoms with Crippen LogP contribution in [0.5, 0.6) is 5.75 Å². The Morgan fingerprint density at radius 2 is 1.92 bits per heavy atom. The molecule has 0 aliphatic carbocycles. The molecule has 2 rings (SSSR count). The molecule has 0 saturated heterocycles. The van der Waals surface area contributed by atoms with Crippen LogP contribution in [0.3, 0.4) is 0 Å². The van der Waals surface area contributed by atoms with Crippen LogP contribution in [0.4, 0.5) is 0 Å². The molecular weight excluding hydrogens is 350 g/mol. The van der Waals surface area contributed by atoms with Crippen LogP contribution in [0.1, 0.15) is 46.2 Å². The molecule has 0 spiro atoms. The van der Waals surface area contributed by atoms with Gasteiger partial charge in [0, 0.05) is 0 Å². The van der Waals surface area contributed by atoms with Gasteiger partial charge in [0.05, 0.1) is 24.4 Å². The number of nitrogens with zero attached hydrogens (tertiary/aromatic N) is 4. The quantitative estimate of drug-likeness (QED) is 0.747. The summed E-state index contributed by atoms with van der Waals surface area (Å²) in [6, 6.07) is 7.72. The molecule has 0 saturated carbocycles. The van der Waals surface area contributed by atoms with Crippen molar-refractivity contribution in [2.75, 3.05) is 12.9 Å². The first kappa shape index (κ1) is 20.2. The summed E-state index contributed by atoms with van der Waals surface area (Å²) in [6.45, 7) is 10.2. The number of ether oxygens (including phenoxy) is 1. The molecule has 0 aliphatic rings. The predicted molar refractivity (Wildman–Crippen MR) is 102 cm³/mol. The maximum Gasteiger partial charge on any atom is 0.230 e. The lowest BCUT2D eigenvalue weighted by atomic mass is 9.96. The van der Waals surface area contributed by atoms with E-state index in [0.29, 0.717) is 5.16 Å². The van der Waals surface area contributed by atoms with Crippen molar-refractivity contribution in [2.45, 2.75) is 51.4 Å². The van der Waals surface area contributed by atoms with Gasteiger partial charge in [-0.05, 0) is 54.8 Å². The molecule has 26 heavy (non-hydrogen) atoms. The molecule has 8 heteroatoms. The number of aromatic nitrogens is 4. The van der Waals surface area contributed by atoms with Crippen molar-refractivity contribution >= 4 is 17.7 Å². The van der Waals surface area contributed by atoms with Crippen LogP contribution >= 0.6 is 11.8 Å². The third kappa shape index (κ3) is 5.20. The van der Waals surface area contributed by atoms with E-state index in [4.69, 9.17) is 4.74 Å². The Hall–Kier alpha value is -2.09. The fourth-order valence-corrected chi connectivity index (χ4v) is 3.35. The Labute approximate surface area is 158 Å². The van der Waals surface area contributed by atoms with Gasteiger partial charge in [-0.25, -0.2) is 4.68 Å². The highest BCUT2D eigenvalue weighted by Crippen LogP contribution is 2.25. The highest BCUT2D eigenvalue weighted by molar-refractivity contribution is 7.99. The van der Waals surface area contributed by atoms with Gasteiger partial charge in [-0.15, -0.1) is 5.10 Å². The van der Waals surface area contributed by atoms with Crippen LogP contribution in [-0.4, -0.2) is 39.0 Å². The van der Waals surface area contributed by atoms with Crippen molar-refractivity contribution in [3.63, 3.8) is 0 Å². The lowest BCUT2D eigenvalue weighted by Crippen LogP contribution is -2.33. The number of carbonyl (C=O) groups is 1. The second-order valence-corrected chi connectivity index (χ2v) is 8.34. The van der Waals surface area contributed by atoms with Gasteiger partial charge >= 0.3 is 0 Å². The smallest absolute Gasteiger partial charge is 0.230 e. The van der Waals surface area contributed by atoms with E-state index in [1.165, 1.54) is 11.8 Å². The summed E-state index contributed by atoms with van der Waals surface area (Å²) in [7, 11) is 1.64. The number of thioether (sulfide) groups is 1. The third-order valence-electron chi connectivity index (χ3n) is 3.87. The van der Waals surface area contributed by atoms with E-state index in [2.05, 4.69) is 34.7 Å². The van der Waals surface area contributed by atoms with Crippen molar-refractivity contribution in [2.24, 2.45) is 5.92 Å². The Morgan fingerprint density at radius 3 is 2.46 bits per heavy atom. The summed E-state index contributed by atoms with van der Waals surface area (Å²) >= 11 is 1.34. The van der Waals surface area contributed by atoms with Gasteiger partial charge in [-0.2, -0.15) is 0 Å². The van der Waals surface area contributed by atoms with Crippen molar-refractivity contribution < 1.29 is 9.53 Å². The molecule has 1 unspecified atom stereocenters. The standard InChI is InChI=1S/C18H27N5O2S/c1-12(2)16(13-7-9-14(25-6)10-8-13)19-15(24)11-26-17-20-21-22-23(17)18(3,4)5/h7-10,12,16H,11H2,1-6H3,(H,19,24). The molecule has 0 radical (unpaired) electrons. The predicted octanol–water partition coefficient (Wildman–Crippen LogP) is 3.04. The molecule has 2 aromatic rings. The molecule has 1 aromatic carbocycles. The first-order chi connectivity index (χ1) is 12.2. The number of hydrogen-bond donors (Lipinski definition) is 1. The van der Waals surface area contributed by atoms with Crippen LogP contribution in [0, 0.1) is 5.92 Å². The van der Waals surface area contributed by atoms with Crippen LogP contribution < -0.4 is 10.1 Å². The average Bonchev–Trinajstić information content (AvgIpc) is 3.07. The van der Waals surface area contributed by atoms with E-state index in [1.54, 1.807) is 11.8 Å². The zero-order valence-electron chi connectivity index (χ0n) is 16.2. The minimum Gasteiger partial charge on any atom is -0.497 e. The SMILES string of the molecule is COc1ccc(C(NC(=O)CSc2nnnn2C(C)(C)C)C(C)C)cc1. The lowest BCUT2D eigenvalue weighted by Gasteiger charge is -2.23. The van der Waals surface area contributed by atoms with Crippen molar-refractivity contribution in [1.82, 2.24) is 25.5 Å². The van der Waals surface area contributed by atoms with E-state index < -0.39 is 0 Å². The van der Waals surface area contributed by atoms with Gasteiger partial charge in [-0.1, -0.05) is 37.7 Å². The largest absolute Gasteiger partial charge is 0.497 e. The Balaban J connectivity index is 2.01. The van der Waals surface area contributed by atoms with Gasteiger partial charge in [0.15, 0.2) is 0 Å². The van der Waals surface area contributed by atoms with E-state index in [9.17, 15) is 4.79 Å². The summed E-state index contributed by atoms with van der Waals surface area (Å²) in [5, 5.41) is 15.5. The molecule has 7 nitrogen and oxygen atoms in total. The van der Waals surface area contributed by atoms with Gasteiger partial charge < -0.3 is 10.1 Å². The van der Waals surface area contributed by atoms with E-state index in [1.807, 2.05) is 45.0 Å². The highest BCUT2D eigenvalue weighted by Gasteiger charge is 2.22. The average molecular weight is 378 g/mol. The molecule has 1 aromatic heterocycles. The van der Waals surface area contributed by atoms with Crippen molar-refractivity contribution in [3.8, 4) is 5.75 Å². The van der Waals surface area contributed by atoms with Crippen LogP contribution in [0.15, 0.2) is 29.4 Å². The van der Waals surface area contributed by atoms with Crippen molar-refractivity contribution in [1.29, 1.82) is 0 Å². The normalized spacial score (nSPS) is 12.9. The third-order valence-corrected chi connectivity index (χ3v) is 4.79. The Bertz CT molecular complexity index is 722. The number of tetrazole rings is 1. The molecule has 0 aliphatic heterocycles. The summed E-state index contributed by atoms with van der Waals surface area (Å²) in [5.41, 5.74) is 0.824. The van der Waals surface area contributed by atoms with E-state index in [0.717, 1.165) is 11.3 Å². The van der Waals surface area contributed by atoms with Gasteiger partial charge in [0.2, 0.25) is 11.1 Å². The number of benzene rings is 1. The second kappa shape index (κ2) is 8.53. The number of methoxy groups -OCH3 is 1. The number of rotatable bonds is 7. The molecule has 0 bridgehead atoms. The van der Waals surface area contributed by atoms with Gasteiger partial charge in [0.25, 0.3) is 0 Å². The van der Waals surface area contributed by atoms with Crippen LogP contribution in [0.2, 0.25) is 0 Å². The fourth-order valence-electron chi connectivity index (χ4n) is 2.48. The fraction of sp³-hybridized carbons (Fsp3) is 0.556. The first-order valence-electron chi connectivity index (χ1n) is 8.57. The number of hydrogen-bond acceptors (Lipinski definition) is 6. The molecule has 1 atom stereocenters. The first-order valence-corrected chi connectivity index (χ1v) is 9.56. The van der Waals surface area contributed by atoms with Gasteiger partial charge in [-0.3, -0.25) is 4.79 Å².